The number of carbonyl (C=O) groups excluding carboxylic acids is 1. The van der Waals surface area contributed by atoms with Crippen LogP contribution in [-0.2, 0) is 0 Å². The zero-order valence-electron chi connectivity index (χ0n) is 13.6. The smallest absolute Gasteiger partial charge is 0.257 e. The molecule has 0 spiro atoms. The Labute approximate surface area is 135 Å². The number of aliphatic hydroxyl groups excluding tert-OH is 2. The standard InChI is InChI=1S/C16H23NO6/c1-21-13-7-15(23-3)14(22-2)6-11(13)16(20)17-5-4-10(9-18)12(19)8-17/h6-7,10,12,18-19H,4-5,8-9H2,1-3H3/t10-,12+/m1/s1. The summed E-state index contributed by atoms with van der Waals surface area (Å²) in [6.45, 7) is 0.572. The number of aliphatic hydroxyl groups is 2. The molecule has 1 amide bonds. The molecule has 23 heavy (non-hydrogen) atoms. The lowest BCUT2D eigenvalue weighted by Crippen LogP contribution is -2.47. The van der Waals surface area contributed by atoms with Gasteiger partial charge in [0.25, 0.3) is 5.91 Å². The Bertz CT molecular complexity index is 562. The van der Waals surface area contributed by atoms with Crippen LogP contribution in [0, 0.1) is 5.92 Å². The lowest BCUT2D eigenvalue weighted by atomic mass is 9.94. The summed E-state index contributed by atoms with van der Waals surface area (Å²) >= 11 is 0. The van der Waals surface area contributed by atoms with E-state index in [0.29, 0.717) is 35.8 Å². The van der Waals surface area contributed by atoms with Gasteiger partial charge in [-0.05, 0) is 6.42 Å². The van der Waals surface area contributed by atoms with Gasteiger partial charge >= 0.3 is 0 Å². The Balaban J connectivity index is 2.28. The van der Waals surface area contributed by atoms with Crippen LogP contribution in [0.2, 0.25) is 0 Å². The summed E-state index contributed by atoms with van der Waals surface area (Å²) < 4.78 is 15.7. The molecular formula is C16H23NO6. The van der Waals surface area contributed by atoms with Gasteiger partial charge in [0.1, 0.15) is 5.75 Å². The van der Waals surface area contributed by atoms with Crippen LogP contribution in [0.3, 0.4) is 0 Å². The van der Waals surface area contributed by atoms with Gasteiger partial charge in [-0.2, -0.15) is 0 Å². The molecule has 2 rings (SSSR count). The minimum atomic E-state index is -0.733. The number of β-amino-alcohol motifs (C(OH)–C–C–N with tert-alkyl or cyclic N) is 1. The van der Waals surface area contributed by atoms with Crippen LogP contribution in [0.25, 0.3) is 0 Å². The van der Waals surface area contributed by atoms with E-state index in [4.69, 9.17) is 14.2 Å². The number of hydrogen-bond acceptors (Lipinski definition) is 6. The summed E-state index contributed by atoms with van der Waals surface area (Å²) in [4.78, 5) is 14.3. The first-order valence-electron chi connectivity index (χ1n) is 7.43. The fourth-order valence-corrected chi connectivity index (χ4v) is 2.74. The SMILES string of the molecule is COc1cc(OC)c(C(=O)N2CC[C@H](CO)[C@@H](O)C2)cc1OC. The van der Waals surface area contributed by atoms with Gasteiger partial charge in [-0.3, -0.25) is 4.79 Å². The normalized spacial score (nSPS) is 21.0. The summed E-state index contributed by atoms with van der Waals surface area (Å²) in [6, 6.07) is 3.17. The van der Waals surface area contributed by atoms with E-state index < -0.39 is 6.10 Å². The third-order valence-corrected chi connectivity index (χ3v) is 4.18. The van der Waals surface area contributed by atoms with Gasteiger partial charge in [0.05, 0.1) is 33.0 Å². The molecule has 2 atom stereocenters. The third-order valence-electron chi connectivity index (χ3n) is 4.18. The molecule has 0 aromatic heterocycles. The largest absolute Gasteiger partial charge is 0.496 e. The first-order valence-corrected chi connectivity index (χ1v) is 7.43. The number of piperidine rings is 1. The molecule has 7 heteroatoms. The quantitative estimate of drug-likeness (QED) is 0.821. The molecule has 0 unspecified atom stereocenters. The molecule has 0 bridgehead atoms. The number of methoxy groups -OCH3 is 3. The molecule has 0 radical (unpaired) electrons. The van der Waals surface area contributed by atoms with Crippen molar-refractivity contribution in [2.24, 2.45) is 5.92 Å². The molecule has 1 aliphatic rings. The van der Waals surface area contributed by atoms with Crippen molar-refractivity contribution < 1.29 is 29.2 Å². The van der Waals surface area contributed by atoms with Crippen LogP contribution in [0.1, 0.15) is 16.8 Å². The van der Waals surface area contributed by atoms with Crippen molar-refractivity contribution in [3.8, 4) is 17.2 Å². The number of nitrogens with zero attached hydrogens (tertiary/aromatic N) is 1. The maximum Gasteiger partial charge on any atom is 0.257 e. The Kier molecular flexibility index (Phi) is 5.68. The van der Waals surface area contributed by atoms with Gasteiger partial charge in [-0.1, -0.05) is 0 Å². The highest BCUT2D eigenvalue weighted by Crippen LogP contribution is 2.35. The van der Waals surface area contributed by atoms with Gasteiger partial charge < -0.3 is 29.3 Å². The van der Waals surface area contributed by atoms with Crippen molar-refractivity contribution >= 4 is 5.91 Å². The second-order valence-corrected chi connectivity index (χ2v) is 5.46. The summed E-state index contributed by atoms with van der Waals surface area (Å²) in [7, 11) is 4.48. The van der Waals surface area contributed by atoms with Gasteiger partial charge in [-0.25, -0.2) is 0 Å². The van der Waals surface area contributed by atoms with Crippen LogP contribution in [0.4, 0.5) is 0 Å². The van der Waals surface area contributed by atoms with Crippen LogP contribution < -0.4 is 14.2 Å². The number of likely N-dealkylation sites (tertiary alicyclic amines) is 1. The predicted molar refractivity (Wildman–Crippen MR) is 83.2 cm³/mol. The molecule has 1 aromatic rings. The maximum atomic E-state index is 12.8. The monoisotopic (exact) mass is 325 g/mol. The van der Waals surface area contributed by atoms with Crippen molar-refractivity contribution in [3.05, 3.63) is 17.7 Å². The van der Waals surface area contributed by atoms with E-state index in [1.54, 1.807) is 17.0 Å². The first-order chi connectivity index (χ1) is 11.0. The van der Waals surface area contributed by atoms with Crippen molar-refractivity contribution in [1.82, 2.24) is 4.90 Å². The zero-order valence-corrected chi connectivity index (χ0v) is 13.6. The van der Waals surface area contributed by atoms with E-state index in [2.05, 4.69) is 0 Å². The molecule has 0 saturated carbocycles. The molecule has 128 valence electrons. The lowest BCUT2D eigenvalue weighted by Gasteiger charge is -2.35. The maximum absolute atomic E-state index is 12.8. The van der Waals surface area contributed by atoms with Crippen molar-refractivity contribution in [1.29, 1.82) is 0 Å². The molecular weight excluding hydrogens is 302 g/mol. The van der Waals surface area contributed by atoms with Crippen LogP contribution in [0.5, 0.6) is 17.2 Å². The molecule has 2 N–H and O–H groups in total. The van der Waals surface area contributed by atoms with Gasteiger partial charge in [0, 0.05) is 37.7 Å². The Morgan fingerprint density at radius 2 is 1.78 bits per heavy atom. The van der Waals surface area contributed by atoms with E-state index in [9.17, 15) is 15.0 Å². The number of amides is 1. The van der Waals surface area contributed by atoms with Gasteiger partial charge in [-0.15, -0.1) is 0 Å². The lowest BCUT2D eigenvalue weighted by molar-refractivity contribution is 0.000754. The Morgan fingerprint density at radius 1 is 1.17 bits per heavy atom. The zero-order chi connectivity index (χ0) is 17.0. The van der Waals surface area contributed by atoms with Gasteiger partial charge in [0.15, 0.2) is 11.5 Å². The number of benzene rings is 1. The molecule has 1 fully saturated rings. The summed E-state index contributed by atoms with van der Waals surface area (Å²) in [5.74, 6) is 0.846. The van der Waals surface area contributed by atoms with Crippen molar-refractivity contribution in [2.45, 2.75) is 12.5 Å². The second-order valence-electron chi connectivity index (χ2n) is 5.46. The minimum Gasteiger partial charge on any atom is -0.496 e. The Morgan fingerprint density at radius 3 is 2.30 bits per heavy atom. The van der Waals surface area contributed by atoms with Gasteiger partial charge in [0.2, 0.25) is 0 Å². The number of carbonyl (C=O) groups is 1. The molecule has 0 aliphatic carbocycles. The number of rotatable bonds is 5. The molecule has 7 nitrogen and oxygen atoms in total. The minimum absolute atomic E-state index is 0.0805. The molecule has 1 aliphatic heterocycles. The fourth-order valence-electron chi connectivity index (χ4n) is 2.74. The van der Waals surface area contributed by atoms with E-state index in [1.165, 1.54) is 21.3 Å². The number of ether oxygens (including phenoxy) is 3. The van der Waals surface area contributed by atoms with E-state index in [-0.39, 0.29) is 25.0 Å². The molecule has 1 aromatic carbocycles. The highest BCUT2D eigenvalue weighted by atomic mass is 16.5. The van der Waals surface area contributed by atoms with Crippen LogP contribution in [-0.4, -0.2) is 68.1 Å². The predicted octanol–water partition coefficient (Wildman–Crippen LogP) is 0.528. The van der Waals surface area contributed by atoms with Crippen LogP contribution >= 0.6 is 0 Å². The number of hydrogen-bond donors (Lipinski definition) is 2. The molecule has 1 heterocycles. The first kappa shape index (κ1) is 17.4. The summed E-state index contributed by atoms with van der Waals surface area (Å²) in [5, 5.41) is 19.2. The fraction of sp³-hybridized carbons (Fsp3) is 0.562. The average Bonchev–Trinajstić information content (AvgIpc) is 2.59. The van der Waals surface area contributed by atoms with E-state index >= 15 is 0 Å². The van der Waals surface area contributed by atoms with Crippen LogP contribution in [0.15, 0.2) is 12.1 Å². The van der Waals surface area contributed by atoms with E-state index in [0.717, 1.165) is 0 Å². The highest BCUT2D eigenvalue weighted by molar-refractivity contribution is 5.98. The van der Waals surface area contributed by atoms with Crippen molar-refractivity contribution in [2.75, 3.05) is 41.0 Å². The third kappa shape index (κ3) is 3.51. The van der Waals surface area contributed by atoms with Crippen molar-refractivity contribution in [3.63, 3.8) is 0 Å². The molecule has 1 saturated heterocycles. The topological polar surface area (TPSA) is 88.5 Å². The second kappa shape index (κ2) is 7.52. The average molecular weight is 325 g/mol. The Hall–Kier alpha value is -1.99. The highest BCUT2D eigenvalue weighted by Gasteiger charge is 2.31. The summed E-state index contributed by atoms with van der Waals surface area (Å²) in [6.07, 6.45) is -0.178. The summed E-state index contributed by atoms with van der Waals surface area (Å²) in [5.41, 5.74) is 0.347. The van der Waals surface area contributed by atoms with E-state index in [1.807, 2.05) is 0 Å².